The molecule has 1 aliphatic rings. The SMILES string of the molecule is CN=C(NCCS(=O)C(C)(C)C)NCC1(CCOC)CCC1. The highest BCUT2D eigenvalue weighted by Gasteiger charge is 2.36. The minimum absolute atomic E-state index is 0.158. The van der Waals surface area contributed by atoms with Gasteiger partial charge in [-0.2, -0.15) is 0 Å². The number of hydrogen-bond donors (Lipinski definition) is 2. The molecule has 0 spiro atoms. The summed E-state index contributed by atoms with van der Waals surface area (Å²) < 4.78 is 17.1. The van der Waals surface area contributed by atoms with Crippen LogP contribution in [0.3, 0.4) is 0 Å². The van der Waals surface area contributed by atoms with E-state index in [-0.39, 0.29) is 4.75 Å². The normalized spacial score (nSPS) is 19.4. The van der Waals surface area contributed by atoms with Crippen LogP contribution in [0.15, 0.2) is 4.99 Å². The molecule has 1 fully saturated rings. The monoisotopic (exact) mass is 331 g/mol. The summed E-state index contributed by atoms with van der Waals surface area (Å²) in [7, 11) is 2.70. The zero-order valence-corrected chi connectivity index (χ0v) is 15.6. The van der Waals surface area contributed by atoms with Crippen LogP contribution in [0.4, 0.5) is 0 Å². The molecule has 5 nitrogen and oxygen atoms in total. The molecule has 1 unspecified atom stereocenters. The highest BCUT2D eigenvalue weighted by Crippen LogP contribution is 2.43. The Bertz CT molecular complexity index is 387. The van der Waals surface area contributed by atoms with Crippen LogP contribution in [0.2, 0.25) is 0 Å². The summed E-state index contributed by atoms with van der Waals surface area (Å²) in [6, 6.07) is 0. The van der Waals surface area contributed by atoms with E-state index >= 15 is 0 Å². The van der Waals surface area contributed by atoms with Gasteiger partial charge in [0.05, 0.1) is 0 Å². The Labute approximate surface area is 138 Å². The molecule has 1 rings (SSSR count). The Morgan fingerprint density at radius 3 is 2.45 bits per heavy atom. The molecular formula is C16H33N3O2S. The highest BCUT2D eigenvalue weighted by atomic mass is 32.2. The number of nitrogens with one attached hydrogen (secondary N) is 2. The quantitative estimate of drug-likeness (QED) is 0.527. The lowest BCUT2D eigenvalue weighted by atomic mass is 9.67. The third-order valence-corrected chi connectivity index (χ3v) is 6.31. The number of rotatable bonds is 8. The molecule has 1 aliphatic carbocycles. The van der Waals surface area contributed by atoms with Crippen molar-refractivity contribution in [3.8, 4) is 0 Å². The van der Waals surface area contributed by atoms with Crippen LogP contribution in [0.25, 0.3) is 0 Å². The van der Waals surface area contributed by atoms with E-state index in [1.165, 1.54) is 19.3 Å². The summed E-state index contributed by atoms with van der Waals surface area (Å²) in [6.07, 6.45) is 4.92. The Kier molecular flexibility index (Phi) is 7.83. The summed E-state index contributed by atoms with van der Waals surface area (Å²) in [5.41, 5.74) is 0.363. The van der Waals surface area contributed by atoms with Gasteiger partial charge in [-0.3, -0.25) is 9.20 Å². The van der Waals surface area contributed by atoms with Crippen LogP contribution in [0.5, 0.6) is 0 Å². The first-order valence-electron chi connectivity index (χ1n) is 8.15. The first-order valence-corrected chi connectivity index (χ1v) is 9.47. The molecular weight excluding hydrogens is 298 g/mol. The molecule has 0 heterocycles. The van der Waals surface area contributed by atoms with E-state index in [1.54, 1.807) is 14.2 Å². The van der Waals surface area contributed by atoms with Gasteiger partial charge in [-0.1, -0.05) is 6.42 Å². The van der Waals surface area contributed by atoms with Gasteiger partial charge in [-0.05, 0) is 45.4 Å². The minimum atomic E-state index is -0.833. The summed E-state index contributed by atoms with van der Waals surface area (Å²) in [6.45, 7) is 8.44. The number of ether oxygens (including phenoxy) is 1. The molecule has 0 aliphatic heterocycles. The van der Waals surface area contributed by atoms with Crippen LogP contribution >= 0.6 is 0 Å². The van der Waals surface area contributed by atoms with Crippen molar-refractivity contribution in [2.24, 2.45) is 10.4 Å². The Balaban J connectivity index is 2.32. The lowest BCUT2D eigenvalue weighted by Crippen LogP contribution is -2.47. The van der Waals surface area contributed by atoms with Crippen molar-refractivity contribution in [1.82, 2.24) is 10.6 Å². The molecule has 1 atom stereocenters. The Morgan fingerprint density at radius 1 is 1.32 bits per heavy atom. The molecule has 22 heavy (non-hydrogen) atoms. The first-order chi connectivity index (χ1) is 10.3. The maximum atomic E-state index is 12.0. The molecule has 6 heteroatoms. The maximum absolute atomic E-state index is 12.0. The summed E-state index contributed by atoms with van der Waals surface area (Å²) in [5, 5.41) is 6.68. The topological polar surface area (TPSA) is 62.7 Å². The van der Waals surface area contributed by atoms with Crippen molar-refractivity contribution in [1.29, 1.82) is 0 Å². The molecule has 0 saturated heterocycles. The van der Waals surface area contributed by atoms with Gasteiger partial charge in [0.15, 0.2) is 5.96 Å². The van der Waals surface area contributed by atoms with Crippen LogP contribution in [0.1, 0.15) is 46.5 Å². The molecule has 2 N–H and O–H groups in total. The van der Waals surface area contributed by atoms with Crippen molar-refractivity contribution >= 4 is 16.8 Å². The van der Waals surface area contributed by atoms with E-state index in [0.717, 1.165) is 25.5 Å². The van der Waals surface area contributed by atoms with Gasteiger partial charge in [-0.25, -0.2) is 0 Å². The Morgan fingerprint density at radius 2 is 2.00 bits per heavy atom. The average Bonchev–Trinajstić information content (AvgIpc) is 2.42. The lowest BCUT2D eigenvalue weighted by Gasteiger charge is -2.42. The van der Waals surface area contributed by atoms with Gasteiger partial charge in [0.1, 0.15) is 0 Å². The lowest BCUT2D eigenvalue weighted by molar-refractivity contribution is 0.0733. The predicted octanol–water partition coefficient (Wildman–Crippen LogP) is 1.91. The number of methoxy groups -OCH3 is 1. The molecule has 1 saturated carbocycles. The van der Waals surface area contributed by atoms with Crippen molar-refractivity contribution in [3.63, 3.8) is 0 Å². The Hall–Kier alpha value is -0.620. The molecule has 130 valence electrons. The predicted molar refractivity (Wildman–Crippen MR) is 94.9 cm³/mol. The van der Waals surface area contributed by atoms with Crippen molar-refractivity contribution in [2.45, 2.75) is 51.2 Å². The fraction of sp³-hybridized carbons (Fsp3) is 0.938. The van der Waals surface area contributed by atoms with Gasteiger partial charge in [0.25, 0.3) is 0 Å². The van der Waals surface area contributed by atoms with Gasteiger partial charge in [0, 0.05) is 55.2 Å². The summed E-state index contributed by atoms with van der Waals surface area (Å²) >= 11 is 0. The fourth-order valence-electron chi connectivity index (χ4n) is 2.57. The van der Waals surface area contributed by atoms with E-state index in [1.807, 2.05) is 20.8 Å². The molecule has 0 amide bonds. The van der Waals surface area contributed by atoms with E-state index in [2.05, 4.69) is 15.6 Å². The molecule has 0 bridgehead atoms. The van der Waals surface area contributed by atoms with E-state index in [0.29, 0.717) is 17.7 Å². The van der Waals surface area contributed by atoms with Crippen LogP contribution in [-0.2, 0) is 15.5 Å². The fourth-order valence-corrected chi connectivity index (χ4v) is 3.47. The minimum Gasteiger partial charge on any atom is -0.385 e. The van der Waals surface area contributed by atoms with Crippen LogP contribution in [0, 0.1) is 5.41 Å². The van der Waals surface area contributed by atoms with Crippen molar-refractivity contribution in [2.75, 3.05) is 39.6 Å². The van der Waals surface area contributed by atoms with Gasteiger partial charge < -0.3 is 15.4 Å². The van der Waals surface area contributed by atoms with Crippen LogP contribution in [-0.4, -0.2) is 54.5 Å². The van der Waals surface area contributed by atoms with E-state index in [4.69, 9.17) is 4.74 Å². The average molecular weight is 332 g/mol. The van der Waals surface area contributed by atoms with Gasteiger partial charge in [0.2, 0.25) is 0 Å². The first kappa shape index (κ1) is 19.4. The van der Waals surface area contributed by atoms with Gasteiger partial charge >= 0.3 is 0 Å². The van der Waals surface area contributed by atoms with Crippen LogP contribution < -0.4 is 10.6 Å². The number of hydrogen-bond acceptors (Lipinski definition) is 3. The molecule has 0 aromatic heterocycles. The zero-order valence-electron chi connectivity index (χ0n) is 14.8. The highest BCUT2D eigenvalue weighted by molar-refractivity contribution is 7.86. The number of guanidine groups is 1. The van der Waals surface area contributed by atoms with Gasteiger partial charge in [-0.15, -0.1) is 0 Å². The third kappa shape index (κ3) is 6.24. The standard InChI is InChI=1S/C16H33N3O2S/c1-15(2,3)22(20)12-10-18-14(17-4)19-13-16(7-6-8-16)9-11-21-5/h6-13H2,1-5H3,(H2,17,18,19). The molecule has 0 aromatic carbocycles. The summed E-state index contributed by atoms with van der Waals surface area (Å²) in [5.74, 6) is 1.44. The van der Waals surface area contributed by atoms with Crippen molar-refractivity contribution in [3.05, 3.63) is 0 Å². The second kappa shape index (κ2) is 8.87. The number of aliphatic imine (C=N–C) groups is 1. The summed E-state index contributed by atoms with van der Waals surface area (Å²) in [4.78, 5) is 4.25. The second-order valence-corrected chi connectivity index (χ2v) is 9.43. The zero-order chi connectivity index (χ0) is 16.6. The van der Waals surface area contributed by atoms with E-state index < -0.39 is 10.8 Å². The molecule has 0 aromatic rings. The third-order valence-electron chi connectivity index (χ3n) is 4.37. The van der Waals surface area contributed by atoms with Crippen molar-refractivity contribution < 1.29 is 8.95 Å². The molecule has 0 radical (unpaired) electrons. The van der Waals surface area contributed by atoms with E-state index in [9.17, 15) is 4.21 Å². The second-order valence-electron chi connectivity index (χ2n) is 7.11. The smallest absolute Gasteiger partial charge is 0.191 e. The number of nitrogens with zero attached hydrogens (tertiary/aromatic N) is 1. The maximum Gasteiger partial charge on any atom is 0.191 e. The largest absolute Gasteiger partial charge is 0.385 e.